The fourth-order valence-electron chi connectivity index (χ4n) is 2.33. The summed E-state index contributed by atoms with van der Waals surface area (Å²) in [5, 5.41) is 5.26. The van der Waals surface area contributed by atoms with E-state index < -0.39 is 0 Å². The number of H-pyrrole nitrogens is 3. The molecule has 4 rings (SSSR count). The molecule has 0 saturated carbocycles. The highest BCUT2D eigenvalue weighted by molar-refractivity contribution is 5.95. The highest BCUT2D eigenvalue weighted by atomic mass is 16.1. The molecule has 7 nitrogen and oxygen atoms in total. The Balaban J connectivity index is 2.07. The number of rotatable bonds is 1. The molecule has 102 valence electrons. The lowest BCUT2D eigenvalue weighted by Gasteiger charge is -1.95. The van der Waals surface area contributed by atoms with Gasteiger partial charge in [0, 0.05) is 18.0 Å². The molecule has 21 heavy (non-hydrogen) atoms. The molecule has 0 aliphatic heterocycles. The fourth-order valence-corrected chi connectivity index (χ4v) is 2.33. The average Bonchev–Trinajstić information content (AvgIpc) is 2.94. The molecule has 0 atom stereocenters. The summed E-state index contributed by atoms with van der Waals surface area (Å²) in [6, 6.07) is 6.91. The summed E-state index contributed by atoms with van der Waals surface area (Å²) in [6.07, 6.45) is 3.35. The number of benzene rings is 1. The Morgan fingerprint density at radius 1 is 0.905 bits per heavy atom. The summed E-state index contributed by atoms with van der Waals surface area (Å²) in [5.74, 6) is 0.663. The van der Waals surface area contributed by atoms with Crippen molar-refractivity contribution in [1.82, 2.24) is 25.1 Å². The molecular formula is C14H9N5O2. The number of fused-ring (bicyclic) bond motifs is 2. The van der Waals surface area contributed by atoms with E-state index in [1.54, 1.807) is 24.5 Å². The summed E-state index contributed by atoms with van der Waals surface area (Å²) < 4.78 is 0. The van der Waals surface area contributed by atoms with E-state index in [9.17, 15) is 9.59 Å². The van der Waals surface area contributed by atoms with E-state index >= 15 is 0 Å². The quantitative estimate of drug-likeness (QED) is 0.486. The maximum Gasteiger partial charge on any atom is 0.270 e. The molecule has 4 aromatic rings. The van der Waals surface area contributed by atoms with Gasteiger partial charge in [0.2, 0.25) is 0 Å². The second-order valence-electron chi connectivity index (χ2n) is 4.64. The number of hydrogen-bond donors (Lipinski definition) is 3. The highest BCUT2D eigenvalue weighted by Gasteiger charge is 2.09. The normalized spacial score (nSPS) is 11.2. The maximum atomic E-state index is 11.8. The van der Waals surface area contributed by atoms with E-state index in [1.165, 1.54) is 0 Å². The van der Waals surface area contributed by atoms with Crippen LogP contribution in [0.4, 0.5) is 0 Å². The minimum atomic E-state index is -0.347. The van der Waals surface area contributed by atoms with Crippen LogP contribution in [0, 0.1) is 0 Å². The topological polar surface area (TPSA) is 107 Å². The van der Waals surface area contributed by atoms with Gasteiger partial charge >= 0.3 is 0 Å². The van der Waals surface area contributed by atoms with Crippen molar-refractivity contribution < 1.29 is 0 Å². The molecule has 7 heteroatoms. The van der Waals surface area contributed by atoms with Gasteiger partial charge in [0.1, 0.15) is 5.82 Å². The predicted octanol–water partition coefficient (Wildman–Crippen LogP) is 1.15. The molecule has 0 spiro atoms. The van der Waals surface area contributed by atoms with Crippen LogP contribution in [0.5, 0.6) is 0 Å². The monoisotopic (exact) mass is 279 g/mol. The minimum absolute atomic E-state index is 0.319. The first-order chi connectivity index (χ1) is 10.2. The van der Waals surface area contributed by atoms with Crippen molar-refractivity contribution in [3.63, 3.8) is 0 Å². The summed E-state index contributed by atoms with van der Waals surface area (Å²) in [5.41, 5.74) is 1.52. The lowest BCUT2D eigenvalue weighted by molar-refractivity contribution is 0.977. The van der Waals surface area contributed by atoms with Crippen LogP contribution in [0.2, 0.25) is 0 Å². The molecule has 0 aliphatic carbocycles. The summed E-state index contributed by atoms with van der Waals surface area (Å²) in [4.78, 5) is 35.1. The van der Waals surface area contributed by atoms with Crippen molar-refractivity contribution in [2.24, 2.45) is 0 Å². The van der Waals surface area contributed by atoms with Gasteiger partial charge in [-0.2, -0.15) is 0 Å². The zero-order chi connectivity index (χ0) is 14.4. The van der Waals surface area contributed by atoms with Gasteiger partial charge in [-0.1, -0.05) is 0 Å². The van der Waals surface area contributed by atoms with Gasteiger partial charge < -0.3 is 4.98 Å². The minimum Gasteiger partial charge on any atom is -0.338 e. The van der Waals surface area contributed by atoms with Crippen molar-refractivity contribution in [2.75, 3.05) is 0 Å². The van der Waals surface area contributed by atoms with Crippen molar-refractivity contribution in [3.8, 4) is 11.4 Å². The van der Waals surface area contributed by atoms with Crippen LogP contribution in [-0.2, 0) is 0 Å². The van der Waals surface area contributed by atoms with Gasteiger partial charge in [-0.25, -0.2) is 4.98 Å². The second-order valence-corrected chi connectivity index (χ2v) is 4.64. The maximum absolute atomic E-state index is 11.8. The predicted molar refractivity (Wildman–Crippen MR) is 78.1 cm³/mol. The SMILES string of the molecule is O=c1[nH][nH]c(=O)c2cc3[nH]c(-c4ccncc4)nc3cc12. The van der Waals surface area contributed by atoms with Gasteiger partial charge in [-0.15, -0.1) is 0 Å². The standard InChI is InChI=1S/C14H9N5O2/c20-13-8-5-10-11(6-9(8)14(21)19-18-13)17-12(16-10)7-1-3-15-4-2-7/h1-6H,(H,16,17)(H,18,20)(H,19,21). The Hall–Kier alpha value is -3.22. The number of nitrogens with one attached hydrogen (secondary N) is 3. The molecule has 0 amide bonds. The molecule has 0 aliphatic rings. The van der Waals surface area contributed by atoms with E-state index in [1.807, 2.05) is 12.1 Å². The van der Waals surface area contributed by atoms with Gasteiger partial charge in [0.15, 0.2) is 0 Å². The first-order valence-electron chi connectivity index (χ1n) is 6.27. The Labute approximate surface area is 116 Å². The Morgan fingerprint density at radius 3 is 2.29 bits per heavy atom. The van der Waals surface area contributed by atoms with E-state index in [4.69, 9.17) is 0 Å². The first-order valence-corrected chi connectivity index (χ1v) is 6.27. The summed E-state index contributed by atoms with van der Waals surface area (Å²) >= 11 is 0. The number of aromatic nitrogens is 5. The Kier molecular flexibility index (Phi) is 2.28. The van der Waals surface area contributed by atoms with Crippen molar-refractivity contribution >= 4 is 21.8 Å². The van der Waals surface area contributed by atoms with Crippen LogP contribution in [0.3, 0.4) is 0 Å². The summed E-state index contributed by atoms with van der Waals surface area (Å²) in [6.45, 7) is 0. The molecule has 3 aromatic heterocycles. The van der Waals surface area contributed by atoms with Crippen LogP contribution in [0.15, 0.2) is 46.2 Å². The first kappa shape index (κ1) is 11.6. The van der Waals surface area contributed by atoms with Crippen molar-refractivity contribution in [1.29, 1.82) is 0 Å². The zero-order valence-electron chi connectivity index (χ0n) is 10.7. The molecular weight excluding hydrogens is 270 g/mol. The molecule has 0 unspecified atom stereocenters. The van der Waals surface area contributed by atoms with Gasteiger partial charge in [0.05, 0.1) is 21.8 Å². The van der Waals surface area contributed by atoms with Crippen LogP contribution in [0.1, 0.15) is 0 Å². The molecule has 0 saturated heterocycles. The van der Waals surface area contributed by atoms with Crippen LogP contribution in [0.25, 0.3) is 33.2 Å². The molecule has 0 fully saturated rings. The lowest BCUT2D eigenvalue weighted by atomic mass is 10.2. The number of hydrogen-bond acceptors (Lipinski definition) is 4. The molecule has 0 radical (unpaired) electrons. The fraction of sp³-hybridized carbons (Fsp3) is 0. The third kappa shape index (κ3) is 1.75. The highest BCUT2D eigenvalue weighted by Crippen LogP contribution is 2.21. The third-order valence-corrected chi connectivity index (χ3v) is 3.35. The van der Waals surface area contributed by atoms with Gasteiger partial charge in [-0.05, 0) is 24.3 Å². The van der Waals surface area contributed by atoms with E-state index in [-0.39, 0.29) is 11.1 Å². The number of nitrogens with zero attached hydrogens (tertiary/aromatic N) is 2. The van der Waals surface area contributed by atoms with Crippen LogP contribution >= 0.6 is 0 Å². The van der Waals surface area contributed by atoms with E-state index in [2.05, 4.69) is 25.1 Å². The number of imidazole rings is 1. The zero-order valence-corrected chi connectivity index (χ0v) is 10.7. The second kappa shape index (κ2) is 4.14. The summed E-state index contributed by atoms with van der Waals surface area (Å²) in [7, 11) is 0. The van der Waals surface area contributed by atoms with Gasteiger partial charge in [0.25, 0.3) is 11.1 Å². The molecule has 0 bridgehead atoms. The van der Waals surface area contributed by atoms with Gasteiger partial charge in [-0.3, -0.25) is 24.8 Å². The molecule has 3 N–H and O–H groups in total. The average molecular weight is 279 g/mol. The third-order valence-electron chi connectivity index (χ3n) is 3.35. The van der Waals surface area contributed by atoms with Crippen molar-refractivity contribution in [2.45, 2.75) is 0 Å². The largest absolute Gasteiger partial charge is 0.338 e. The smallest absolute Gasteiger partial charge is 0.270 e. The van der Waals surface area contributed by atoms with Crippen LogP contribution < -0.4 is 11.1 Å². The van der Waals surface area contributed by atoms with E-state index in [0.717, 1.165) is 5.56 Å². The lowest BCUT2D eigenvalue weighted by Crippen LogP contribution is -2.18. The van der Waals surface area contributed by atoms with Crippen molar-refractivity contribution in [3.05, 3.63) is 57.4 Å². The Bertz CT molecular complexity index is 1010. The van der Waals surface area contributed by atoms with Crippen LogP contribution in [-0.4, -0.2) is 25.1 Å². The number of aromatic amines is 3. The van der Waals surface area contributed by atoms with E-state index in [0.29, 0.717) is 27.6 Å². The Morgan fingerprint density at radius 2 is 1.57 bits per heavy atom. The molecule has 1 aromatic carbocycles. The molecule has 3 heterocycles. The number of pyridine rings is 1.